The molecule has 0 aromatic heterocycles. The van der Waals surface area contributed by atoms with Crippen LogP contribution in [0.3, 0.4) is 0 Å². The summed E-state index contributed by atoms with van der Waals surface area (Å²) in [6, 6.07) is 24.3. The minimum absolute atomic E-state index is 0.149. The average Bonchev–Trinajstić information content (AvgIpc) is 2.66. The van der Waals surface area contributed by atoms with Crippen LogP contribution >= 0.6 is 0 Å². The van der Waals surface area contributed by atoms with Gasteiger partial charge in [0.1, 0.15) is 0 Å². The molecule has 25 heavy (non-hydrogen) atoms. The summed E-state index contributed by atoms with van der Waals surface area (Å²) >= 11 is 0. The van der Waals surface area contributed by atoms with Crippen LogP contribution < -0.4 is 10.7 Å². The zero-order valence-electron chi connectivity index (χ0n) is 14.0. The van der Waals surface area contributed by atoms with Crippen molar-refractivity contribution in [1.82, 2.24) is 10.7 Å². The van der Waals surface area contributed by atoms with E-state index >= 15 is 0 Å². The molecule has 2 N–H and O–H groups in total. The van der Waals surface area contributed by atoms with Crippen LogP contribution in [0.25, 0.3) is 10.8 Å². The summed E-state index contributed by atoms with van der Waals surface area (Å²) in [5.74, 6) is -0.149. The first kappa shape index (κ1) is 16.9. The molecule has 126 valence electrons. The van der Waals surface area contributed by atoms with E-state index in [2.05, 4.69) is 40.1 Å². The standard InChI is InChI=1S/C21H21N3O/c25-21(16-22-14-13-17-7-2-1-3-8-17)24-23-15-19-11-6-10-18-9-4-5-12-20(18)19/h1-12,15,22H,13-14,16H2,(H,24,25)/b23-15+. The van der Waals surface area contributed by atoms with Crippen LogP contribution in [0, 0.1) is 0 Å². The van der Waals surface area contributed by atoms with Gasteiger partial charge in [-0.25, -0.2) is 5.43 Å². The summed E-state index contributed by atoms with van der Waals surface area (Å²) in [5, 5.41) is 9.46. The predicted octanol–water partition coefficient (Wildman–Crippen LogP) is 3.12. The van der Waals surface area contributed by atoms with Crippen LogP contribution in [0.4, 0.5) is 0 Å². The van der Waals surface area contributed by atoms with E-state index in [0.29, 0.717) is 0 Å². The lowest BCUT2D eigenvalue weighted by Crippen LogP contribution is -2.32. The third-order valence-electron chi connectivity index (χ3n) is 3.94. The molecule has 3 aromatic carbocycles. The summed E-state index contributed by atoms with van der Waals surface area (Å²) < 4.78 is 0. The Morgan fingerprint density at radius 3 is 2.56 bits per heavy atom. The zero-order chi connectivity index (χ0) is 17.3. The van der Waals surface area contributed by atoms with E-state index in [4.69, 9.17) is 0 Å². The van der Waals surface area contributed by atoms with Gasteiger partial charge in [-0.3, -0.25) is 4.79 Å². The van der Waals surface area contributed by atoms with E-state index in [1.807, 2.05) is 48.5 Å². The quantitative estimate of drug-likeness (QED) is 0.397. The van der Waals surface area contributed by atoms with Gasteiger partial charge in [0.25, 0.3) is 5.91 Å². The number of carbonyl (C=O) groups is 1. The second-order valence-corrected chi connectivity index (χ2v) is 5.77. The maximum absolute atomic E-state index is 11.8. The normalized spacial score (nSPS) is 11.0. The first-order valence-electron chi connectivity index (χ1n) is 8.37. The SMILES string of the molecule is O=C(CNCCc1ccccc1)N/N=C/c1cccc2ccccc12. The first-order chi connectivity index (χ1) is 12.3. The Hall–Kier alpha value is -2.98. The van der Waals surface area contributed by atoms with Crippen LogP contribution in [-0.2, 0) is 11.2 Å². The third kappa shape index (κ3) is 4.99. The smallest absolute Gasteiger partial charge is 0.254 e. The van der Waals surface area contributed by atoms with Crippen molar-refractivity contribution in [2.24, 2.45) is 5.10 Å². The fraction of sp³-hybridized carbons (Fsp3) is 0.143. The number of rotatable bonds is 7. The number of hydrazone groups is 1. The van der Waals surface area contributed by atoms with E-state index in [1.54, 1.807) is 6.21 Å². The predicted molar refractivity (Wildman–Crippen MR) is 103 cm³/mol. The number of benzene rings is 3. The zero-order valence-corrected chi connectivity index (χ0v) is 14.0. The number of hydrogen-bond acceptors (Lipinski definition) is 3. The van der Waals surface area contributed by atoms with E-state index < -0.39 is 0 Å². The van der Waals surface area contributed by atoms with Crippen molar-refractivity contribution in [3.05, 3.63) is 83.9 Å². The topological polar surface area (TPSA) is 53.5 Å². The highest BCUT2D eigenvalue weighted by atomic mass is 16.2. The van der Waals surface area contributed by atoms with Gasteiger partial charge < -0.3 is 5.32 Å². The number of nitrogens with one attached hydrogen (secondary N) is 2. The lowest BCUT2D eigenvalue weighted by atomic mass is 10.1. The average molecular weight is 331 g/mol. The summed E-state index contributed by atoms with van der Waals surface area (Å²) in [6.07, 6.45) is 2.58. The van der Waals surface area contributed by atoms with Crippen molar-refractivity contribution in [2.45, 2.75) is 6.42 Å². The number of hydrogen-bond donors (Lipinski definition) is 2. The maximum Gasteiger partial charge on any atom is 0.254 e. The Morgan fingerprint density at radius 2 is 1.68 bits per heavy atom. The second kappa shape index (κ2) is 8.76. The van der Waals surface area contributed by atoms with Crippen molar-refractivity contribution in [2.75, 3.05) is 13.1 Å². The molecule has 3 aromatic rings. The highest BCUT2D eigenvalue weighted by Gasteiger charge is 2.00. The summed E-state index contributed by atoms with van der Waals surface area (Å²) in [4.78, 5) is 11.8. The lowest BCUT2D eigenvalue weighted by Gasteiger charge is -2.04. The van der Waals surface area contributed by atoms with Crippen molar-refractivity contribution in [3.63, 3.8) is 0 Å². The Morgan fingerprint density at radius 1 is 0.920 bits per heavy atom. The van der Waals surface area contributed by atoms with Crippen LogP contribution in [0.5, 0.6) is 0 Å². The van der Waals surface area contributed by atoms with Gasteiger partial charge in [0.15, 0.2) is 0 Å². The fourth-order valence-electron chi connectivity index (χ4n) is 2.66. The molecule has 0 spiro atoms. The van der Waals surface area contributed by atoms with Crippen LogP contribution in [0.1, 0.15) is 11.1 Å². The molecule has 0 heterocycles. The van der Waals surface area contributed by atoms with Crippen molar-refractivity contribution < 1.29 is 4.79 Å². The highest BCUT2D eigenvalue weighted by Crippen LogP contribution is 2.16. The van der Waals surface area contributed by atoms with Crippen LogP contribution in [-0.4, -0.2) is 25.2 Å². The monoisotopic (exact) mass is 331 g/mol. The molecular formula is C21H21N3O. The molecule has 0 unspecified atom stereocenters. The molecule has 0 saturated heterocycles. The Balaban J connectivity index is 1.44. The maximum atomic E-state index is 11.8. The summed E-state index contributed by atoms with van der Waals surface area (Å²) in [6.45, 7) is 1.00. The molecule has 0 radical (unpaired) electrons. The second-order valence-electron chi connectivity index (χ2n) is 5.77. The Kier molecular flexibility index (Phi) is 5.91. The Labute approximate surface area is 147 Å². The first-order valence-corrected chi connectivity index (χ1v) is 8.37. The van der Waals surface area contributed by atoms with Crippen molar-refractivity contribution >= 4 is 22.9 Å². The Bertz CT molecular complexity index is 854. The van der Waals surface area contributed by atoms with E-state index in [-0.39, 0.29) is 12.5 Å². The van der Waals surface area contributed by atoms with E-state index in [0.717, 1.165) is 29.3 Å². The molecule has 0 saturated carbocycles. The lowest BCUT2D eigenvalue weighted by molar-refractivity contribution is -0.120. The molecule has 0 aliphatic rings. The van der Waals surface area contributed by atoms with Gasteiger partial charge in [-0.15, -0.1) is 0 Å². The molecular weight excluding hydrogens is 310 g/mol. The van der Waals surface area contributed by atoms with Gasteiger partial charge in [-0.1, -0.05) is 72.8 Å². The van der Waals surface area contributed by atoms with Crippen LogP contribution in [0.2, 0.25) is 0 Å². The van der Waals surface area contributed by atoms with Gasteiger partial charge in [-0.2, -0.15) is 5.10 Å². The van der Waals surface area contributed by atoms with E-state index in [1.165, 1.54) is 5.56 Å². The number of carbonyl (C=O) groups excluding carboxylic acids is 1. The molecule has 0 fully saturated rings. The largest absolute Gasteiger partial charge is 0.308 e. The van der Waals surface area contributed by atoms with Crippen molar-refractivity contribution in [3.8, 4) is 0 Å². The molecule has 0 bridgehead atoms. The number of nitrogens with zero attached hydrogens (tertiary/aromatic N) is 1. The van der Waals surface area contributed by atoms with Gasteiger partial charge in [0.2, 0.25) is 0 Å². The minimum atomic E-state index is -0.149. The van der Waals surface area contributed by atoms with Gasteiger partial charge in [-0.05, 0) is 29.3 Å². The molecule has 0 atom stereocenters. The molecule has 4 nitrogen and oxygen atoms in total. The van der Waals surface area contributed by atoms with Gasteiger partial charge in [0.05, 0.1) is 12.8 Å². The summed E-state index contributed by atoms with van der Waals surface area (Å²) in [5.41, 5.74) is 4.80. The minimum Gasteiger partial charge on any atom is -0.308 e. The van der Waals surface area contributed by atoms with Crippen molar-refractivity contribution in [1.29, 1.82) is 0 Å². The number of fused-ring (bicyclic) bond motifs is 1. The van der Waals surface area contributed by atoms with Gasteiger partial charge in [0, 0.05) is 5.56 Å². The third-order valence-corrected chi connectivity index (χ3v) is 3.94. The van der Waals surface area contributed by atoms with E-state index in [9.17, 15) is 4.79 Å². The molecule has 0 aliphatic carbocycles. The van der Waals surface area contributed by atoms with Gasteiger partial charge >= 0.3 is 0 Å². The van der Waals surface area contributed by atoms with Crippen LogP contribution in [0.15, 0.2) is 77.9 Å². The summed E-state index contributed by atoms with van der Waals surface area (Å²) in [7, 11) is 0. The molecule has 3 rings (SSSR count). The molecule has 4 heteroatoms. The fourth-order valence-corrected chi connectivity index (χ4v) is 2.66. The highest BCUT2D eigenvalue weighted by molar-refractivity contribution is 5.99. The molecule has 1 amide bonds. The molecule has 0 aliphatic heterocycles. The number of amides is 1.